The van der Waals surface area contributed by atoms with Crippen LogP contribution in [-0.2, 0) is 9.59 Å². The molecule has 102 valence electrons. The van der Waals surface area contributed by atoms with Gasteiger partial charge in [0.15, 0.2) is 11.3 Å². The quantitative estimate of drug-likeness (QED) is 0.431. The first-order chi connectivity index (χ1) is 9.36. The van der Waals surface area contributed by atoms with Gasteiger partial charge in [-0.05, 0) is 24.3 Å². The number of nitriles is 1. The molecular weight excluding hydrogens is 267 g/mol. The first-order valence-corrected chi connectivity index (χ1v) is 5.21. The second kappa shape index (κ2) is 6.15. The maximum absolute atomic E-state index is 12.7. The number of allylic oxidation sites excluding steroid dienone is 1. The molecule has 0 heterocycles. The number of benzene rings is 1. The Balaban J connectivity index is 3.11. The number of carbonyl (C=O) groups is 2. The van der Waals surface area contributed by atoms with Crippen molar-refractivity contribution in [2.45, 2.75) is 0 Å². The summed E-state index contributed by atoms with van der Waals surface area (Å²) in [4.78, 5) is 22.3. The highest BCUT2D eigenvalue weighted by atomic mass is 19.1. The summed E-state index contributed by atoms with van der Waals surface area (Å²) in [5.74, 6) is -4.72. The van der Waals surface area contributed by atoms with Gasteiger partial charge in [0.2, 0.25) is 5.78 Å². The fourth-order valence-corrected chi connectivity index (χ4v) is 1.24. The second-order valence-corrected chi connectivity index (χ2v) is 3.60. The fraction of sp³-hybridized carbons (Fsp3) is 0. The molecular formula is C13H9FN2O4. The van der Waals surface area contributed by atoms with Gasteiger partial charge in [-0.1, -0.05) is 0 Å². The zero-order valence-corrected chi connectivity index (χ0v) is 10.0. The molecule has 0 fully saturated rings. The number of aliphatic hydroxyl groups excluding tert-OH is 2. The monoisotopic (exact) mass is 276 g/mol. The van der Waals surface area contributed by atoms with Crippen molar-refractivity contribution in [3.8, 4) is 6.07 Å². The standard InChI is InChI=1S/C13H9FN2O4/c14-8-3-1-7(2-4-8)10(17)5-11(18)12(19)9(6-15)13(16)20/h1-5,17,19H,(H2,16,20). The first kappa shape index (κ1) is 14.9. The maximum Gasteiger partial charge on any atom is 0.263 e. The fourth-order valence-electron chi connectivity index (χ4n) is 1.24. The molecule has 1 aromatic rings. The lowest BCUT2D eigenvalue weighted by molar-refractivity contribution is -0.116. The molecule has 20 heavy (non-hydrogen) atoms. The van der Waals surface area contributed by atoms with Crippen molar-refractivity contribution in [1.29, 1.82) is 5.26 Å². The molecule has 0 aromatic heterocycles. The summed E-state index contributed by atoms with van der Waals surface area (Å²) in [5, 5.41) is 27.5. The molecule has 0 aliphatic rings. The minimum absolute atomic E-state index is 0.116. The summed E-state index contributed by atoms with van der Waals surface area (Å²) < 4.78 is 12.7. The molecule has 0 aliphatic heterocycles. The van der Waals surface area contributed by atoms with Crippen LogP contribution in [0.15, 0.2) is 41.7 Å². The van der Waals surface area contributed by atoms with Crippen molar-refractivity contribution >= 4 is 17.4 Å². The number of nitrogens with two attached hydrogens (primary N) is 1. The SMILES string of the molecule is N#CC(C(N)=O)=C(O)C(=O)C=C(O)c1ccc(F)cc1. The van der Waals surface area contributed by atoms with Crippen LogP contribution in [0.1, 0.15) is 5.56 Å². The van der Waals surface area contributed by atoms with Gasteiger partial charge in [-0.3, -0.25) is 9.59 Å². The van der Waals surface area contributed by atoms with Gasteiger partial charge in [-0.25, -0.2) is 4.39 Å². The van der Waals surface area contributed by atoms with E-state index in [9.17, 15) is 24.2 Å². The Morgan fingerprint density at radius 2 is 1.80 bits per heavy atom. The molecule has 0 aliphatic carbocycles. The predicted octanol–water partition coefficient (Wildman–Crippen LogP) is 1.11. The van der Waals surface area contributed by atoms with Gasteiger partial charge in [-0.2, -0.15) is 5.26 Å². The van der Waals surface area contributed by atoms with Gasteiger partial charge in [0.25, 0.3) is 5.91 Å². The van der Waals surface area contributed by atoms with Gasteiger partial charge in [0.05, 0.1) is 0 Å². The summed E-state index contributed by atoms with van der Waals surface area (Å²) >= 11 is 0. The van der Waals surface area contributed by atoms with Crippen LogP contribution in [0.3, 0.4) is 0 Å². The molecule has 0 unspecified atom stereocenters. The molecule has 0 spiro atoms. The van der Waals surface area contributed by atoms with Gasteiger partial charge in [0.1, 0.15) is 17.6 Å². The van der Waals surface area contributed by atoms with E-state index in [1.807, 2.05) is 0 Å². The van der Waals surface area contributed by atoms with Crippen LogP contribution >= 0.6 is 0 Å². The number of rotatable bonds is 4. The second-order valence-electron chi connectivity index (χ2n) is 3.60. The third-order valence-corrected chi connectivity index (χ3v) is 2.24. The lowest BCUT2D eigenvalue weighted by Gasteiger charge is -2.01. The van der Waals surface area contributed by atoms with E-state index in [-0.39, 0.29) is 5.56 Å². The summed E-state index contributed by atoms with van der Waals surface area (Å²) in [6.07, 6.45) is 0.586. The summed E-state index contributed by atoms with van der Waals surface area (Å²) in [6, 6.07) is 5.80. The number of primary amides is 1. The number of nitrogens with zero attached hydrogens (tertiary/aromatic N) is 1. The Kier molecular flexibility index (Phi) is 4.59. The minimum Gasteiger partial charge on any atom is -0.507 e. The number of hydrogen-bond acceptors (Lipinski definition) is 5. The molecule has 4 N–H and O–H groups in total. The number of aliphatic hydroxyl groups is 2. The Morgan fingerprint density at radius 1 is 1.25 bits per heavy atom. The van der Waals surface area contributed by atoms with Crippen LogP contribution in [-0.4, -0.2) is 21.9 Å². The topological polar surface area (TPSA) is 124 Å². The van der Waals surface area contributed by atoms with Crippen molar-refractivity contribution in [2.75, 3.05) is 0 Å². The maximum atomic E-state index is 12.7. The number of hydrogen-bond donors (Lipinski definition) is 3. The van der Waals surface area contributed by atoms with Gasteiger partial charge in [-0.15, -0.1) is 0 Å². The largest absolute Gasteiger partial charge is 0.507 e. The number of carbonyl (C=O) groups excluding carboxylic acids is 2. The molecule has 7 heteroatoms. The van der Waals surface area contributed by atoms with Crippen LogP contribution in [0.4, 0.5) is 4.39 Å². The zero-order valence-electron chi connectivity index (χ0n) is 10.0. The third-order valence-electron chi connectivity index (χ3n) is 2.24. The average Bonchev–Trinajstić information content (AvgIpc) is 2.39. The lowest BCUT2D eigenvalue weighted by atomic mass is 10.1. The van der Waals surface area contributed by atoms with E-state index in [0.29, 0.717) is 6.08 Å². The number of ketones is 1. The van der Waals surface area contributed by atoms with Gasteiger partial charge < -0.3 is 15.9 Å². The van der Waals surface area contributed by atoms with Gasteiger partial charge >= 0.3 is 0 Å². The van der Waals surface area contributed by atoms with E-state index in [1.54, 1.807) is 0 Å². The Bertz CT molecular complexity index is 654. The average molecular weight is 276 g/mol. The minimum atomic E-state index is -1.27. The van der Waals surface area contributed by atoms with Crippen molar-refractivity contribution in [3.63, 3.8) is 0 Å². The lowest BCUT2D eigenvalue weighted by Crippen LogP contribution is -2.17. The molecule has 0 saturated carbocycles. The predicted molar refractivity (Wildman–Crippen MR) is 66.5 cm³/mol. The van der Waals surface area contributed by atoms with Crippen LogP contribution in [0.5, 0.6) is 0 Å². The number of halogens is 1. The molecule has 1 rings (SSSR count). The van der Waals surface area contributed by atoms with Crippen molar-refractivity contribution in [3.05, 3.63) is 53.1 Å². The molecule has 0 bridgehead atoms. The van der Waals surface area contributed by atoms with E-state index < -0.39 is 34.6 Å². The smallest absolute Gasteiger partial charge is 0.263 e. The van der Waals surface area contributed by atoms with Crippen molar-refractivity contribution in [2.24, 2.45) is 5.73 Å². The summed E-state index contributed by atoms with van der Waals surface area (Å²) in [6.45, 7) is 0. The van der Waals surface area contributed by atoms with E-state index in [2.05, 4.69) is 0 Å². The molecule has 1 aromatic carbocycles. The Labute approximate surface area is 112 Å². The van der Waals surface area contributed by atoms with Crippen LogP contribution in [0.2, 0.25) is 0 Å². The van der Waals surface area contributed by atoms with E-state index in [0.717, 1.165) is 12.1 Å². The van der Waals surface area contributed by atoms with Crippen molar-refractivity contribution < 1.29 is 24.2 Å². The summed E-state index contributed by atoms with van der Waals surface area (Å²) in [5.41, 5.74) is 3.99. The van der Waals surface area contributed by atoms with Crippen LogP contribution in [0, 0.1) is 17.1 Å². The Morgan fingerprint density at radius 3 is 2.25 bits per heavy atom. The van der Waals surface area contributed by atoms with E-state index in [4.69, 9.17) is 11.0 Å². The molecule has 6 nitrogen and oxygen atoms in total. The third kappa shape index (κ3) is 3.43. The summed E-state index contributed by atoms with van der Waals surface area (Å²) in [7, 11) is 0. The highest BCUT2D eigenvalue weighted by molar-refractivity contribution is 6.12. The van der Waals surface area contributed by atoms with Crippen LogP contribution < -0.4 is 5.73 Å². The molecule has 0 atom stereocenters. The molecule has 0 radical (unpaired) electrons. The van der Waals surface area contributed by atoms with Crippen LogP contribution in [0.25, 0.3) is 5.76 Å². The Hall–Kier alpha value is -3.14. The normalized spacial score (nSPS) is 12.3. The van der Waals surface area contributed by atoms with Crippen molar-refractivity contribution in [1.82, 2.24) is 0 Å². The van der Waals surface area contributed by atoms with Gasteiger partial charge in [0, 0.05) is 11.6 Å². The number of amides is 1. The molecule has 0 saturated heterocycles. The highest BCUT2D eigenvalue weighted by Crippen LogP contribution is 2.13. The molecule has 1 amide bonds. The van der Waals surface area contributed by atoms with E-state index >= 15 is 0 Å². The first-order valence-electron chi connectivity index (χ1n) is 5.21. The highest BCUT2D eigenvalue weighted by Gasteiger charge is 2.17. The van der Waals surface area contributed by atoms with E-state index in [1.165, 1.54) is 18.2 Å². The zero-order chi connectivity index (χ0) is 15.3.